The maximum absolute atomic E-state index is 10.1. The number of hydrogen-bond donors (Lipinski definition) is 2. The minimum atomic E-state index is -0.251. The highest BCUT2D eigenvalue weighted by Gasteiger charge is 2.31. The molecule has 0 spiro atoms. The molecule has 8 heteroatoms. The number of aromatic nitrogens is 4. The quantitative estimate of drug-likeness (QED) is 0.826. The first-order chi connectivity index (χ1) is 10.2. The number of aliphatic hydroxyl groups is 1. The molecule has 1 saturated heterocycles. The lowest BCUT2D eigenvalue weighted by Gasteiger charge is -2.16. The summed E-state index contributed by atoms with van der Waals surface area (Å²) in [6.45, 7) is 4.40. The first-order valence-electron chi connectivity index (χ1n) is 7.08. The lowest BCUT2D eigenvalue weighted by Crippen LogP contribution is -2.24. The van der Waals surface area contributed by atoms with Gasteiger partial charge in [-0.3, -0.25) is 4.90 Å². The van der Waals surface area contributed by atoms with Gasteiger partial charge in [0.1, 0.15) is 11.8 Å². The molecular formula is C13H20N6OS. The number of fused-ring (bicyclic) bond motifs is 1. The lowest BCUT2D eigenvalue weighted by molar-refractivity contribution is 0.145. The van der Waals surface area contributed by atoms with Gasteiger partial charge in [-0.25, -0.2) is 15.0 Å². The van der Waals surface area contributed by atoms with E-state index >= 15 is 0 Å². The van der Waals surface area contributed by atoms with E-state index in [9.17, 15) is 5.11 Å². The van der Waals surface area contributed by atoms with Crippen LogP contribution in [-0.2, 0) is 6.67 Å². The van der Waals surface area contributed by atoms with E-state index in [2.05, 4.69) is 26.8 Å². The molecule has 0 unspecified atom stereocenters. The smallest absolute Gasteiger partial charge is 0.166 e. The van der Waals surface area contributed by atoms with Gasteiger partial charge in [0, 0.05) is 19.0 Å². The fraction of sp³-hybridized carbons (Fsp3) is 0.615. The molecule has 0 aromatic carbocycles. The number of rotatable bonds is 5. The summed E-state index contributed by atoms with van der Waals surface area (Å²) < 4.78 is 1.95. The van der Waals surface area contributed by atoms with Crippen LogP contribution < -0.4 is 5.73 Å². The number of β-amino-alcohol motifs (C(OH)–C–C–N with tert-alkyl or cyclic N) is 1. The maximum atomic E-state index is 10.1. The number of nitrogens with two attached hydrogens (primary N) is 1. The molecule has 2 atom stereocenters. The Kier molecular flexibility index (Phi) is 4.27. The number of thioether (sulfide) groups is 1. The molecule has 0 radical (unpaired) electrons. The average molecular weight is 308 g/mol. The summed E-state index contributed by atoms with van der Waals surface area (Å²) in [6, 6.07) is 0. The Bertz CT molecular complexity index is 618. The third kappa shape index (κ3) is 2.97. The molecule has 21 heavy (non-hydrogen) atoms. The summed E-state index contributed by atoms with van der Waals surface area (Å²) in [6.07, 6.45) is 2.93. The molecule has 2 aromatic rings. The molecule has 114 valence electrons. The predicted octanol–water partition coefficient (Wildman–Crippen LogP) is 0.412. The Labute approximate surface area is 127 Å². The molecule has 7 nitrogen and oxygen atoms in total. The standard InChI is InChI=1S/C13H20N6OS/c1-2-21-5-9-3-18(4-10(9)20)8-19-7-17-11-12(14)15-6-16-13(11)19/h6-7,9-10,20H,2-5,8H2,1H3,(H2,14,15,16)/t9-,10+/m1/s1. The lowest BCUT2D eigenvalue weighted by atomic mass is 10.1. The van der Waals surface area contributed by atoms with Crippen molar-refractivity contribution >= 4 is 28.7 Å². The van der Waals surface area contributed by atoms with Crippen LogP contribution in [0, 0.1) is 5.92 Å². The Morgan fingerprint density at radius 1 is 1.38 bits per heavy atom. The first-order valence-corrected chi connectivity index (χ1v) is 8.24. The number of hydrogen-bond acceptors (Lipinski definition) is 7. The van der Waals surface area contributed by atoms with Gasteiger partial charge in [0.25, 0.3) is 0 Å². The van der Waals surface area contributed by atoms with E-state index in [-0.39, 0.29) is 6.10 Å². The van der Waals surface area contributed by atoms with Gasteiger partial charge in [-0.15, -0.1) is 0 Å². The summed E-state index contributed by atoms with van der Waals surface area (Å²) in [4.78, 5) is 14.7. The van der Waals surface area contributed by atoms with Crippen molar-refractivity contribution in [3.05, 3.63) is 12.7 Å². The van der Waals surface area contributed by atoms with Crippen LogP contribution in [-0.4, -0.2) is 60.2 Å². The normalized spacial score (nSPS) is 23.1. The zero-order chi connectivity index (χ0) is 14.8. The monoisotopic (exact) mass is 308 g/mol. The van der Waals surface area contributed by atoms with E-state index in [4.69, 9.17) is 5.73 Å². The fourth-order valence-corrected chi connectivity index (χ4v) is 3.57. The second kappa shape index (κ2) is 6.17. The largest absolute Gasteiger partial charge is 0.391 e. The summed E-state index contributed by atoms with van der Waals surface area (Å²) in [7, 11) is 0. The number of nitrogen functional groups attached to an aromatic ring is 1. The highest BCUT2D eigenvalue weighted by atomic mass is 32.2. The third-order valence-electron chi connectivity index (χ3n) is 3.80. The van der Waals surface area contributed by atoms with Gasteiger partial charge in [0.05, 0.1) is 19.1 Å². The van der Waals surface area contributed by atoms with Crippen molar-refractivity contribution in [2.24, 2.45) is 5.92 Å². The van der Waals surface area contributed by atoms with Crippen molar-refractivity contribution < 1.29 is 5.11 Å². The van der Waals surface area contributed by atoms with Gasteiger partial charge in [0.15, 0.2) is 11.5 Å². The number of likely N-dealkylation sites (tertiary alicyclic amines) is 1. The first kappa shape index (κ1) is 14.6. The predicted molar refractivity (Wildman–Crippen MR) is 83.8 cm³/mol. The third-order valence-corrected chi connectivity index (χ3v) is 4.87. The van der Waals surface area contributed by atoms with Gasteiger partial charge < -0.3 is 15.4 Å². The zero-order valence-electron chi connectivity index (χ0n) is 12.0. The van der Waals surface area contributed by atoms with Gasteiger partial charge in [-0.2, -0.15) is 11.8 Å². The van der Waals surface area contributed by atoms with Crippen LogP contribution >= 0.6 is 11.8 Å². The molecule has 3 rings (SSSR count). The van der Waals surface area contributed by atoms with Crippen LogP contribution in [0.2, 0.25) is 0 Å². The Hall–Kier alpha value is -1.38. The van der Waals surface area contributed by atoms with Crippen LogP contribution in [0.5, 0.6) is 0 Å². The SMILES string of the molecule is CCSC[C@H]1CN(Cn2cnc3c(N)ncnc32)C[C@@H]1O. The minimum absolute atomic E-state index is 0.251. The molecule has 1 aliphatic rings. The molecule has 0 aliphatic carbocycles. The van der Waals surface area contributed by atoms with Gasteiger partial charge in [0.2, 0.25) is 0 Å². The highest BCUT2D eigenvalue weighted by Crippen LogP contribution is 2.23. The van der Waals surface area contributed by atoms with E-state index in [1.807, 2.05) is 16.3 Å². The van der Waals surface area contributed by atoms with Crippen LogP contribution in [0.15, 0.2) is 12.7 Å². The maximum Gasteiger partial charge on any atom is 0.166 e. The van der Waals surface area contributed by atoms with Crippen molar-refractivity contribution in [2.75, 3.05) is 30.3 Å². The Balaban J connectivity index is 1.70. The van der Waals surface area contributed by atoms with Crippen molar-refractivity contribution in [1.29, 1.82) is 0 Å². The Morgan fingerprint density at radius 3 is 3.05 bits per heavy atom. The highest BCUT2D eigenvalue weighted by molar-refractivity contribution is 7.99. The molecule has 1 aliphatic heterocycles. The fourth-order valence-electron chi connectivity index (χ4n) is 2.71. The second-order valence-corrected chi connectivity index (χ2v) is 6.63. The minimum Gasteiger partial charge on any atom is -0.391 e. The second-order valence-electron chi connectivity index (χ2n) is 5.31. The van der Waals surface area contributed by atoms with Crippen molar-refractivity contribution in [2.45, 2.75) is 19.7 Å². The molecule has 0 amide bonds. The number of nitrogens with zero attached hydrogens (tertiary/aromatic N) is 5. The molecule has 2 aromatic heterocycles. The van der Waals surface area contributed by atoms with Gasteiger partial charge >= 0.3 is 0 Å². The molecule has 3 heterocycles. The summed E-state index contributed by atoms with van der Waals surface area (Å²) in [5.41, 5.74) is 7.17. The van der Waals surface area contributed by atoms with Crippen LogP contribution in [0.4, 0.5) is 5.82 Å². The zero-order valence-corrected chi connectivity index (χ0v) is 12.8. The van der Waals surface area contributed by atoms with Crippen molar-refractivity contribution in [3.63, 3.8) is 0 Å². The van der Waals surface area contributed by atoms with Crippen LogP contribution in [0.3, 0.4) is 0 Å². The Morgan fingerprint density at radius 2 is 2.24 bits per heavy atom. The van der Waals surface area contributed by atoms with Crippen molar-refractivity contribution in [3.8, 4) is 0 Å². The van der Waals surface area contributed by atoms with Crippen LogP contribution in [0.1, 0.15) is 6.92 Å². The molecule has 1 fully saturated rings. The van der Waals surface area contributed by atoms with Crippen molar-refractivity contribution in [1.82, 2.24) is 24.4 Å². The summed E-state index contributed by atoms with van der Waals surface area (Å²) >= 11 is 1.88. The van der Waals surface area contributed by atoms with E-state index < -0.39 is 0 Å². The van der Waals surface area contributed by atoms with E-state index in [1.165, 1.54) is 6.33 Å². The molecule has 0 bridgehead atoms. The number of aliphatic hydroxyl groups excluding tert-OH is 1. The molecule has 0 saturated carbocycles. The summed E-state index contributed by atoms with van der Waals surface area (Å²) in [5, 5.41) is 10.1. The van der Waals surface area contributed by atoms with E-state index in [0.29, 0.717) is 30.5 Å². The van der Waals surface area contributed by atoms with E-state index in [1.54, 1.807) is 6.33 Å². The summed E-state index contributed by atoms with van der Waals surface area (Å²) in [5.74, 6) is 2.83. The van der Waals surface area contributed by atoms with Gasteiger partial charge in [-0.1, -0.05) is 6.92 Å². The average Bonchev–Trinajstić information content (AvgIpc) is 3.02. The van der Waals surface area contributed by atoms with Crippen LogP contribution in [0.25, 0.3) is 11.2 Å². The van der Waals surface area contributed by atoms with E-state index in [0.717, 1.165) is 23.7 Å². The number of imidazole rings is 1. The van der Waals surface area contributed by atoms with Gasteiger partial charge in [-0.05, 0) is 11.5 Å². The topological polar surface area (TPSA) is 93.1 Å². The molecular weight excluding hydrogens is 288 g/mol. The number of anilines is 1. The molecule has 3 N–H and O–H groups in total.